The fourth-order valence-corrected chi connectivity index (χ4v) is 2.89. The molecule has 0 aliphatic heterocycles. The molecule has 0 radical (unpaired) electrons. The molecule has 0 aliphatic rings. The molecule has 9 heteroatoms. The quantitative estimate of drug-likeness (QED) is 0.698. The molecule has 1 N–H and O–H groups in total. The van der Waals surface area contributed by atoms with Crippen molar-refractivity contribution >= 4 is 35.0 Å². The normalized spacial score (nSPS) is 10.8. The van der Waals surface area contributed by atoms with E-state index in [1.54, 1.807) is 30.0 Å². The number of carbonyl (C=O) groups excluding carboxylic acids is 1. The standard InChI is InChI=1S/C15H12ClFN4O2S/c1-21-14(12-3-2-6-23-12)19-20-15(21)24-8-13(22)18-11-5-4-9(17)7-10(11)16/h2-7H,8H2,1H3,(H,18,22). The highest BCUT2D eigenvalue weighted by molar-refractivity contribution is 7.99. The van der Waals surface area contributed by atoms with Crippen LogP contribution in [0.15, 0.2) is 46.2 Å². The van der Waals surface area contributed by atoms with Crippen molar-refractivity contribution in [3.05, 3.63) is 47.4 Å². The fraction of sp³-hybridized carbons (Fsp3) is 0.133. The highest BCUT2D eigenvalue weighted by Crippen LogP contribution is 2.25. The second-order valence-electron chi connectivity index (χ2n) is 4.80. The molecule has 0 aliphatic carbocycles. The molecule has 2 aromatic heterocycles. The monoisotopic (exact) mass is 366 g/mol. The third kappa shape index (κ3) is 3.60. The number of nitrogens with one attached hydrogen (secondary N) is 1. The first-order valence-corrected chi connectivity index (χ1v) is 8.22. The number of rotatable bonds is 5. The van der Waals surface area contributed by atoms with Crippen LogP contribution in [0, 0.1) is 5.82 Å². The number of halogens is 2. The van der Waals surface area contributed by atoms with Gasteiger partial charge in [0.25, 0.3) is 0 Å². The summed E-state index contributed by atoms with van der Waals surface area (Å²) in [7, 11) is 1.79. The first-order chi connectivity index (χ1) is 11.5. The Kier molecular flexibility index (Phi) is 4.86. The van der Waals surface area contributed by atoms with Crippen molar-refractivity contribution in [3.8, 4) is 11.6 Å². The van der Waals surface area contributed by atoms with Gasteiger partial charge in [0.1, 0.15) is 5.82 Å². The summed E-state index contributed by atoms with van der Waals surface area (Å²) in [5.41, 5.74) is 0.359. The molecule has 0 saturated heterocycles. The van der Waals surface area contributed by atoms with Crippen LogP contribution in [0.4, 0.5) is 10.1 Å². The van der Waals surface area contributed by atoms with Crippen LogP contribution in [0.5, 0.6) is 0 Å². The molecule has 6 nitrogen and oxygen atoms in total. The van der Waals surface area contributed by atoms with Crippen LogP contribution in [-0.2, 0) is 11.8 Å². The maximum Gasteiger partial charge on any atom is 0.234 e. The number of carbonyl (C=O) groups is 1. The molecule has 0 atom stereocenters. The summed E-state index contributed by atoms with van der Waals surface area (Å²) in [5, 5.41) is 11.4. The number of hydrogen-bond donors (Lipinski definition) is 1. The van der Waals surface area contributed by atoms with Crippen LogP contribution in [0.1, 0.15) is 0 Å². The summed E-state index contributed by atoms with van der Waals surface area (Å²) in [6.07, 6.45) is 1.55. The van der Waals surface area contributed by atoms with E-state index in [2.05, 4.69) is 15.5 Å². The number of aromatic nitrogens is 3. The lowest BCUT2D eigenvalue weighted by Crippen LogP contribution is -2.14. The first-order valence-electron chi connectivity index (χ1n) is 6.85. The van der Waals surface area contributed by atoms with Crippen LogP contribution in [0.25, 0.3) is 11.6 Å². The van der Waals surface area contributed by atoms with E-state index < -0.39 is 5.82 Å². The number of anilines is 1. The van der Waals surface area contributed by atoms with E-state index in [1.807, 2.05) is 0 Å². The van der Waals surface area contributed by atoms with Crippen molar-refractivity contribution in [1.82, 2.24) is 14.8 Å². The van der Waals surface area contributed by atoms with E-state index >= 15 is 0 Å². The van der Waals surface area contributed by atoms with Gasteiger partial charge in [-0.3, -0.25) is 4.79 Å². The molecule has 1 aromatic carbocycles. The Morgan fingerprint density at radius 1 is 1.42 bits per heavy atom. The zero-order valence-corrected chi connectivity index (χ0v) is 14.1. The highest BCUT2D eigenvalue weighted by atomic mass is 35.5. The molecule has 0 unspecified atom stereocenters. The lowest BCUT2D eigenvalue weighted by atomic mass is 10.3. The Hall–Kier alpha value is -2.32. The zero-order chi connectivity index (χ0) is 17.1. The maximum absolute atomic E-state index is 13.0. The molecule has 0 saturated carbocycles. The van der Waals surface area contributed by atoms with E-state index in [0.29, 0.717) is 22.4 Å². The van der Waals surface area contributed by atoms with Gasteiger partial charge in [0.15, 0.2) is 16.7 Å². The minimum atomic E-state index is -0.461. The Labute approximate surface area is 146 Å². The number of nitrogens with zero attached hydrogens (tertiary/aromatic N) is 3. The number of furan rings is 1. The Balaban J connectivity index is 1.62. The molecule has 0 fully saturated rings. The average Bonchev–Trinajstić information content (AvgIpc) is 3.18. The number of amides is 1. The van der Waals surface area contributed by atoms with Crippen LogP contribution >= 0.6 is 23.4 Å². The SMILES string of the molecule is Cn1c(SCC(=O)Nc2ccc(F)cc2Cl)nnc1-c1ccco1. The van der Waals surface area contributed by atoms with Crippen LogP contribution in [0.3, 0.4) is 0 Å². The number of benzene rings is 1. The molecular weight excluding hydrogens is 355 g/mol. The van der Waals surface area contributed by atoms with Crippen LogP contribution in [-0.4, -0.2) is 26.4 Å². The van der Waals surface area contributed by atoms with E-state index in [0.717, 1.165) is 6.07 Å². The zero-order valence-electron chi connectivity index (χ0n) is 12.5. The van der Waals surface area contributed by atoms with Gasteiger partial charge in [-0.25, -0.2) is 4.39 Å². The molecule has 2 heterocycles. The van der Waals surface area contributed by atoms with E-state index in [1.165, 1.54) is 23.9 Å². The van der Waals surface area contributed by atoms with Gasteiger partial charge < -0.3 is 14.3 Å². The third-order valence-corrected chi connectivity index (χ3v) is 4.45. The first kappa shape index (κ1) is 16.5. The predicted octanol–water partition coefficient (Wildman–Crippen LogP) is 3.60. The van der Waals surface area contributed by atoms with Crippen LogP contribution in [0.2, 0.25) is 5.02 Å². The topological polar surface area (TPSA) is 73.0 Å². The van der Waals surface area contributed by atoms with E-state index in [-0.39, 0.29) is 16.7 Å². The fourth-order valence-electron chi connectivity index (χ4n) is 1.97. The second kappa shape index (κ2) is 7.06. The molecule has 1 amide bonds. The summed E-state index contributed by atoms with van der Waals surface area (Å²) in [4.78, 5) is 12.0. The number of thioether (sulfide) groups is 1. The highest BCUT2D eigenvalue weighted by Gasteiger charge is 2.15. The van der Waals surface area contributed by atoms with Crippen molar-refractivity contribution in [2.45, 2.75) is 5.16 Å². The van der Waals surface area contributed by atoms with Crippen molar-refractivity contribution in [2.75, 3.05) is 11.1 Å². The molecule has 3 rings (SSSR count). The lowest BCUT2D eigenvalue weighted by Gasteiger charge is -2.07. The van der Waals surface area contributed by atoms with E-state index in [9.17, 15) is 9.18 Å². The van der Waals surface area contributed by atoms with Gasteiger partial charge >= 0.3 is 0 Å². The Bertz CT molecular complexity index is 866. The molecule has 3 aromatic rings. The minimum absolute atomic E-state index is 0.109. The lowest BCUT2D eigenvalue weighted by molar-refractivity contribution is -0.113. The van der Waals surface area contributed by atoms with Gasteiger partial charge in [-0.15, -0.1) is 10.2 Å². The van der Waals surface area contributed by atoms with Crippen molar-refractivity contribution in [3.63, 3.8) is 0 Å². The summed E-state index contributed by atoms with van der Waals surface area (Å²) >= 11 is 7.10. The summed E-state index contributed by atoms with van der Waals surface area (Å²) in [6.45, 7) is 0. The number of hydrogen-bond acceptors (Lipinski definition) is 5. The van der Waals surface area contributed by atoms with Gasteiger partial charge in [-0.2, -0.15) is 0 Å². The summed E-state index contributed by atoms with van der Waals surface area (Å²) in [5.74, 6) is 0.537. The minimum Gasteiger partial charge on any atom is -0.461 e. The third-order valence-electron chi connectivity index (χ3n) is 3.11. The molecule has 124 valence electrons. The Morgan fingerprint density at radius 2 is 2.25 bits per heavy atom. The predicted molar refractivity (Wildman–Crippen MR) is 89.5 cm³/mol. The van der Waals surface area contributed by atoms with Crippen molar-refractivity contribution in [2.24, 2.45) is 7.05 Å². The maximum atomic E-state index is 13.0. The van der Waals surface area contributed by atoms with Gasteiger partial charge in [-0.05, 0) is 30.3 Å². The molecule has 0 bridgehead atoms. The Morgan fingerprint density at radius 3 is 2.96 bits per heavy atom. The largest absolute Gasteiger partial charge is 0.461 e. The van der Waals surface area contributed by atoms with Crippen molar-refractivity contribution < 1.29 is 13.6 Å². The summed E-state index contributed by atoms with van der Waals surface area (Å²) < 4.78 is 20.0. The average molecular weight is 367 g/mol. The van der Waals surface area contributed by atoms with Gasteiger partial charge in [0, 0.05) is 7.05 Å². The second-order valence-corrected chi connectivity index (χ2v) is 6.15. The molecule has 0 spiro atoms. The van der Waals surface area contributed by atoms with Gasteiger partial charge in [0.05, 0.1) is 22.7 Å². The van der Waals surface area contributed by atoms with E-state index in [4.69, 9.17) is 16.0 Å². The van der Waals surface area contributed by atoms with Crippen LogP contribution < -0.4 is 5.32 Å². The van der Waals surface area contributed by atoms with Gasteiger partial charge in [-0.1, -0.05) is 23.4 Å². The smallest absolute Gasteiger partial charge is 0.234 e. The summed E-state index contributed by atoms with van der Waals surface area (Å²) in [6, 6.07) is 7.32. The van der Waals surface area contributed by atoms with Crippen molar-refractivity contribution in [1.29, 1.82) is 0 Å². The van der Waals surface area contributed by atoms with Gasteiger partial charge in [0.2, 0.25) is 5.91 Å². The molecular formula is C15H12ClFN4O2S. The molecule has 24 heavy (non-hydrogen) atoms.